The van der Waals surface area contributed by atoms with Crippen LogP contribution < -0.4 is 4.90 Å². The van der Waals surface area contributed by atoms with Gasteiger partial charge in [0.15, 0.2) is 5.78 Å². The summed E-state index contributed by atoms with van der Waals surface area (Å²) < 4.78 is 5.17. The fourth-order valence-electron chi connectivity index (χ4n) is 3.06. The number of Topliss-reactive ketones (excluding diaryl/α,β-unsaturated/α-hetero) is 1. The number of hydrogen-bond donors (Lipinski definition) is 0. The molecule has 2 aromatic rings. The highest BCUT2D eigenvalue weighted by Gasteiger charge is 2.24. The maximum Gasteiger partial charge on any atom is 0.338 e. The molecule has 1 aromatic heterocycles. The third kappa shape index (κ3) is 4.71. The van der Waals surface area contributed by atoms with Crippen LogP contribution >= 0.6 is 11.3 Å². The lowest BCUT2D eigenvalue weighted by molar-refractivity contribution is -0.384. The Morgan fingerprint density at radius 2 is 2.00 bits per heavy atom. The average Bonchev–Trinajstić information content (AvgIpc) is 3.38. The molecular weight excluding hydrogens is 368 g/mol. The lowest BCUT2D eigenvalue weighted by atomic mass is 10.1. The van der Waals surface area contributed by atoms with Crippen LogP contribution in [0.3, 0.4) is 0 Å². The van der Waals surface area contributed by atoms with Gasteiger partial charge in [-0.2, -0.15) is 0 Å². The van der Waals surface area contributed by atoms with Gasteiger partial charge in [0, 0.05) is 25.6 Å². The van der Waals surface area contributed by atoms with Gasteiger partial charge in [0.25, 0.3) is 5.69 Å². The average molecular weight is 388 g/mol. The minimum atomic E-state index is -0.616. The molecule has 0 radical (unpaired) electrons. The summed E-state index contributed by atoms with van der Waals surface area (Å²) in [4.78, 5) is 37.7. The van der Waals surface area contributed by atoms with E-state index in [1.807, 2.05) is 16.3 Å². The van der Waals surface area contributed by atoms with Crippen molar-refractivity contribution >= 4 is 34.5 Å². The van der Waals surface area contributed by atoms with Crippen molar-refractivity contribution in [3.63, 3.8) is 0 Å². The zero-order valence-electron chi connectivity index (χ0n) is 14.8. The number of ketones is 1. The molecule has 1 aliphatic rings. The highest BCUT2D eigenvalue weighted by molar-refractivity contribution is 7.12. The van der Waals surface area contributed by atoms with Gasteiger partial charge >= 0.3 is 5.97 Å². The third-order valence-electron chi connectivity index (χ3n) is 4.43. The third-order valence-corrected chi connectivity index (χ3v) is 5.34. The summed E-state index contributed by atoms with van der Waals surface area (Å²) in [6.07, 6.45) is 2.72. The zero-order valence-corrected chi connectivity index (χ0v) is 15.6. The van der Waals surface area contributed by atoms with Gasteiger partial charge in [0.05, 0.1) is 22.0 Å². The summed E-state index contributed by atoms with van der Waals surface area (Å²) in [5, 5.41) is 13.2. The van der Waals surface area contributed by atoms with Gasteiger partial charge in [-0.05, 0) is 42.8 Å². The van der Waals surface area contributed by atoms with Crippen LogP contribution in [-0.2, 0) is 4.74 Å². The summed E-state index contributed by atoms with van der Waals surface area (Å²) in [6.45, 7) is 1.66. The summed E-state index contributed by atoms with van der Waals surface area (Å²) in [5.41, 5.74) is 0.601. The van der Waals surface area contributed by atoms with Crippen molar-refractivity contribution in [2.45, 2.75) is 25.7 Å². The first-order valence-corrected chi connectivity index (χ1v) is 9.71. The number of benzene rings is 1. The fourth-order valence-corrected chi connectivity index (χ4v) is 3.76. The number of nitro groups is 1. The molecule has 0 atom stereocenters. The van der Waals surface area contributed by atoms with Crippen molar-refractivity contribution in [2.75, 3.05) is 24.6 Å². The number of ether oxygens (including phenoxy) is 1. The van der Waals surface area contributed by atoms with Crippen LogP contribution in [0.25, 0.3) is 0 Å². The van der Waals surface area contributed by atoms with Gasteiger partial charge in [-0.3, -0.25) is 14.9 Å². The molecule has 7 nitrogen and oxygen atoms in total. The molecule has 8 heteroatoms. The van der Waals surface area contributed by atoms with Crippen LogP contribution in [0.1, 0.15) is 45.7 Å². The van der Waals surface area contributed by atoms with E-state index in [0.29, 0.717) is 23.4 Å². The minimum Gasteiger partial charge on any atom is -0.462 e. The number of nitro benzene ring substituents is 1. The minimum absolute atomic E-state index is 0.0200. The molecule has 1 saturated heterocycles. The maximum absolute atomic E-state index is 12.2. The SMILES string of the molecule is O=C(OCCCC(=O)c1cccs1)c1ccc(N2CCCC2)c([N+](=O)[O-])c1. The molecule has 0 saturated carbocycles. The molecule has 1 aromatic carbocycles. The lowest BCUT2D eigenvalue weighted by Gasteiger charge is -2.17. The molecule has 1 aliphatic heterocycles. The number of esters is 1. The highest BCUT2D eigenvalue weighted by atomic mass is 32.1. The van der Waals surface area contributed by atoms with E-state index in [4.69, 9.17) is 4.74 Å². The van der Waals surface area contributed by atoms with Gasteiger partial charge in [-0.15, -0.1) is 11.3 Å². The normalized spacial score (nSPS) is 13.6. The van der Waals surface area contributed by atoms with Gasteiger partial charge in [0.1, 0.15) is 5.69 Å². The van der Waals surface area contributed by atoms with Gasteiger partial charge in [-0.1, -0.05) is 6.07 Å². The number of hydrogen-bond acceptors (Lipinski definition) is 7. The Balaban J connectivity index is 1.57. The van der Waals surface area contributed by atoms with Crippen LogP contribution in [0.5, 0.6) is 0 Å². The predicted molar refractivity (Wildman–Crippen MR) is 103 cm³/mol. The zero-order chi connectivity index (χ0) is 19.2. The van der Waals surface area contributed by atoms with E-state index in [1.54, 1.807) is 18.2 Å². The molecule has 27 heavy (non-hydrogen) atoms. The fraction of sp³-hybridized carbons (Fsp3) is 0.368. The van der Waals surface area contributed by atoms with Gasteiger partial charge < -0.3 is 9.64 Å². The second kappa shape index (κ2) is 8.77. The number of rotatable bonds is 8. The molecular formula is C19H20N2O5S. The molecule has 3 rings (SSSR count). The predicted octanol–water partition coefficient (Wildman–Crippen LogP) is 4.08. The molecule has 2 heterocycles. The molecule has 142 valence electrons. The Morgan fingerprint density at radius 1 is 1.22 bits per heavy atom. The number of carbonyl (C=O) groups is 2. The second-order valence-corrected chi connectivity index (χ2v) is 7.24. The van der Waals surface area contributed by atoms with Gasteiger partial charge in [-0.25, -0.2) is 4.79 Å². The van der Waals surface area contributed by atoms with E-state index in [-0.39, 0.29) is 23.6 Å². The first-order valence-electron chi connectivity index (χ1n) is 8.83. The van der Waals surface area contributed by atoms with Crippen molar-refractivity contribution in [1.82, 2.24) is 0 Å². The van der Waals surface area contributed by atoms with E-state index in [9.17, 15) is 19.7 Å². The Bertz CT molecular complexity index is 829. The quantitative estimate of drug-likeness (QED) is 0.223. The molecule has 0 N–H and O–H groups in total. The van der Waals surface area contributed by atoms with E-state index in [2.05, 4.69) is 0 Å². The van der Waals surface area contributed by atoms with Crippen molar-refractivity contribution in [3.8, 4) is 0 Å². The van der Waals surface area contributed by atoms with Crippen LogP contribution in [0.4, 0.5) is 11.4 Å². The standard InChI is InChI=1S/C19H20N2O5S/c22-17(18-6-4-12-27-18)5-3-11-26-19(23)14-7-8-15(16(13-14)21(24)25)20-9-1-2-10-20/h4,6-8,12-13H,1-3,5,9-11H2. The molecule has 0 aliphatic carbocycles. The number of carbonyl (C=O) groups excluding carboxylic acids is 2. The Morgan fingerprint density at radius 3 is 2.67 bits per heavy atom. The van der Waals surface area contributed by atoms with Crippen molar-refractivity contribution in [3.05, 3.63) is 56.3 Å². The molecule has 0 unspecified atom stereocenters. The second-order valence-electron chi connectivity index (χ2n) is 6.29. The summed E-state index contributed by atoms with van der Waals surface area (Å²) >= 11 is 1.38. The summed E-state index contributed by atoms with van der Waals surface area (Å²) in [5.74, 6) is -0.596. The van der Waals surface area contributed by atoms with E-state index in [1.165, 1.54) is 17.4 Å². The lowest BCUT2D eigenvalue weighted by Crippen LogP contribution is -2.19. The molecule has 1 fully saturated rings. The first-order chi connectivity index (χ1) is 13.1. The van der Waals surface area contributed by atoms with Crippen LogP contribution in [0, 0.1) is 10.1 Å². The molecule has 0 bridgehead atoms. The largest absolute Gasteiger partial charge is 0.462 e. The van der Waals surface area contributed by atoms with Crippen molar-refractivity contribution in [2.24, 2.45) is 0 Å². The highest BCUT2D eigenvalue weighted by Crippen LogP contribution is 2.31. The van der Waals surface area contributed by atoms with Crippen LogP contribution in [-0.4, -0.2) is 36.4 Å². The Labute approximate surface area is 160 Å². The van der Waals surface area contributed by atoms with Crippen molar-refractivity contribution in [1.29, 1.82) is 0 Å². The smallest absolute Gasteiger partial charge is 0.338 e. The number of thiophene rings is 1. The van der Waals surface area contributed by atoms with E-state index in [0.717, 1.165) is 25.9 Å². The number of anilines is 1. The van der Waals surface area contributed by atoms with Crippen LogP contribution in [0.2, 0.25) is 0 Å². The number of nitrogens with zero attached hydrogens (tertiary/aromatic N) is 2. The van der Waals surface area contributed by atoms with Crippen molar-refractivity contribution < 1.29 is 19.2 Å². The van der Waals surface area contributed by atoms with Crippen LogP contribution in [0.15, 0.2) is 35.7 Å². The molecule has 0 spiro atoms. The topological polar surface area (TPSA) is 89.8 Å². The van der Waals surface area contributed by atoms with E-state index >= 15 is 0 Å². The molecule has 0 amide bonds. The summed E-state index contributed by atoms with van der Waals surface area (Å²) in [6, 6.07) is 8.02. The van der Waals surface area contributed by atoms with Gasteiger partial charge in [0.2, 0.25) is 0 Å². The first kappa shape index (κ1) is 19.0. The Hall–Kier alpha value is -2.74. The summed E-state index contributed by atoms with van der Waals surface area (Å²) in [7, 11) is 0. The van der Waals surface area contributed by atoms with E-state index < -0.39 is 10.9 Å². The monoisotopic (exact) mass is 388 g/mol. The maximum atomic E-state index is 12.2. The Kier molecular flexibility index (Phi) is 6.18.